The number of esters is 1. The lowest BCUT2D eigenvalue weighted by molar-refractivity contribution is -0.172. The first-order valence-corrected chi connectivity index (χ1v) is 9.54. The van der Waals surface area contributed by atoms with Gasteiger partial charge in [-0.05, 0) is 18.6 Å². The highest BCUT2D eigenvalue weighted by Crippen LogP contribution is 2.47. The lowest BCUT2D eigenvalue weighted by atomic mass is 9.86. The van der Waals surface area contributed by atoms with Crippen molar-refractivity contribution < 1.29 is 29.2 Å². The van der Waals surface area contributed by atoms with E-state index in [1.54, 1.807) is 17.6 Å². The number of hydrogen-bond acceptors (Lipinski definition) is 8. The number of carbonyl (C=O) groups excluding carboxylic acids is 1. The van der Waals surface area contributed by atoms with Crippen LogP contribution in [0, 0.1) is 0 Å². The number of fused-ring (bicyclic) bond motifs is 7. The molecule has 3 aromatic rings. The molecule has 0 aliphatic carbocycles. The van der Waals surface area contributed by atoms with Gasteiger partial charge in [0.15, 0.2) is 17.1 Å². The second-order valence-electron chi connectivity index (χ2n) is 7.63. The number of aromatic hydroxyl groups is 1. The van der Waals surface area contributed by atoms with Gasteiger partial charge < -0.3 is 29.0 Å². The van der Waals surface area contributed by atoms with Crippen molar-refractivity contribution in [2.24, 2.45) is 0 Å². The molecular formula is C21H16N2O7. The summed E-state index contributed by atoms with van der Waals surface area (Å²) >= 11 is 0. The Morgan fingerprint density at radius 3 is 2.77 bits per heavy atom. The summed E-state index contributed by atoms with van der Waals surface area (Å²) in [5, 5.41) is 21.8. The highest BCUT2D eigenvalue weighted by Gasteiger charge is 2.45. The monoisotopic (exact) mass is 408 g/mol. The third kappa shape index (κ3) is 1.97. The summed E-state index contributed by atoms with van der Waals surface area (Å²) in [6, 6.07) is 5.00. The van der Waals surface area contributed by atoms with E-state index in [9.17, 15) is 19.8 Å². The maximum absolute atomic E-state index is 13.2. The number of aliphatic hydroxyl groups is 1. The number of phenols is 1. The summed E-state index contributed by atoms with van der Waals surface area (Å²) in [7, 11) is 0. The smallest absolute Gasteiger partial charge is 0.343 e. The van der Waals surface area contributed by atoms with Crippen LogP contribution in [-0.4, -0.2) is 32.5 Å². The molecule has 0 spiro atoms. The number of phenolic OH excluding ortho intramolecular Hbond substituents is 1. The molecule has 0 radical (unpaired) electrons. The van der Waals surface area contributed by atoms with Gasteiger partial charge in [0.05, 0.1) is 29.0 Å². The van der Waals surface area contributed by atoms with E-state index in [1.807, 2.05) is 6.07 Å². The number of benzene rings is 1. The van der Waals surface area contributed by atoms with Crippen molar-refractivity contribution in [1.82, 2.24) is 9.55 Å². The van der Waals surface area contributed by atoms with Crippen LogP contribution in [0.15, 0.2) is 23.0 Å². The van der Waals surface area contributed by atoms with Crippen molar-refractivity contribution >= 4 is 16.9 Å². The Bertz CT molecular complexity index is 1360. The zero-order chi connectivity index (χ0) is 20.8. The summed E-state index contributed by atoms with van der Waals surface area (Å²) in [6.07, 6.45) is 0.0804. The number of ether oxygens (including phenoxy) is 3. The van der Waals surface area contributed by atoms with Gasteiger partial charge in [-0.3, -0.25) is 4.79 Å². The van der Waals surface area contributed by atoms with Crippen molar-refractivity contribution in [3.8, 4) is 28.6 Å². The Kier molecular flexibility index (Phi) is 3.18. The normalized spacial score (nSPS) is 20.7. The van der Waals surface area contributed by atoms with E-state index >= 15 is 0 Å². The van der Waals surface area contributed by atoms with Gasteiger partial charge in [-0.25, -0.2) is 9.78 Å². The Morgan fingerprint density at radius 2 is 1.97 bits per heavy atom. The molecular weight excluding hydrogens is 392 g/mol. The van der Waals surface area contributed by atoms with Crippen LogP contribution in [0.5, 0.6) is 17.2 Å². The van der Waals surface area contributed by atoms with Crippen LogP contribution in [0.3, 0.4) is 0 Å². The summed E-state index contributed by atoms with van der Waals surface area (Å²) in [5.41, 5.74) is 0.684. The van der Waals surface area contributed by atoms with Crippen molar-refractivity contribution in [3.63, 3.8) is 0 Å². The second kappa shape index (κ2) is 5.51. The molecule has 2 N–H and O–H groups in total. The van der Waals surface area contributed by atoms with Crippen molar-refractivity contribution in [2.75, 3.05) is 6.79 Å². The molecule has 0 saturated carbocycles. The van der Waals surface area contributed by atoms with Crippen LogP contribution in [0.25, 0.3) is 22.3 Å². The molecule has 6 rings (SSSR count). The Balaban J connectivity index is 1.62. The molecule has 0 fully saturated rings. The fourth-order valence-corrected chi connectivity index (χ4v) is 4.49. The molecule has 2 aromatic heterocycles. The van der Waals surface area contributed by atoms with Gasteiger partial charge in [0.2, 0.25) is 12.5 Å². The maximum atomic E-state index is 13.2. The van der Waals surface area contributed by atoms with Crippen LogP contribution in [-0.2, 0) is 28.3 Å². The van der Waals surface area contributed by atoms with Crippen LogP contribution in [0.4, 0.5) is 0 Å². The SMILES string of the molecule is CC[C@@]1(O)C(=O)OCc2c1cc1n(c2=O)Cc2cc3c4c(c(O)cc3nc2-1)OCO4. The minimum absolute atomic E-state index is 0.00905. The molecule has 9 heteroatoms. The van der Waals surface area contributed by atoms with E-state index in [1.165, 1.54) is 6.07 Å². The third-order valence-corrected chi connectivity index (χ3v) is 6.11. The van der Waals surface area contributed by atoms with E-state index in [0.717, 1.165) is 5.56 Å². The van der Waals surface area contributed by atoms with E-state index < -0.39 is 11.6 Å². The van der Waals surface area contributed by atoms with Gasteiger partial charge in [0.25, 0.3) is 5.56 Å². The van der Waals surface area contributed by atoms with Gasteiger partial charge in [0.1, 0.15) is 6.61 Å². The van der Waals surface area contributed by atoms with Crippen LogP contribution < -0.4 is 15.0 Å². The van der Waals surface area contributed by atoms with Crippen LogP contribution in [0.1, 0.15) is 30.0 Å². The minimum Gasteiger partial charge on any atom is -0.504 e. The number of hydrogen-bond donors (Lipinski definition) is 2. The molecule has 30 heavy (non-hydrogen) atoms. The summed E-state index contributed by atoms with van der Waals surface area (Å²) in [5.74, 6) is -0.145. The van der Waals surface area contributed by atoms with Gasteiger partial charge in [0, 0.05) is 22.6 Å². The lowest BCUT2D eigenvalue weighted by Crippen LogP contribution is -2.44. The van der Waals surface area contributed by atoms with Gasteiger partial charge >= 0.3 is 5.97 Å². The van der Waals surface area contributed by atoms with Crippen LogP contribution >= 0.6 is 0 Å². The average Bonchev–Trinajstić information content (AvgIpc) is 3.36. The predicted molar refractivity (Wildman–Crippen MR) is 102 cm³/mol. The quantitative estimate of drug-likeness (QED) is 0.455. The fourth-order valence-electron chi connectivity index (χ4n) is 4.49. The van der Waals surface area contributed by atoms with Crippen molar-refractivity contribution in [1.29, 1.82) is 0 Å². The van der Waals surface area contributed by atoms with Crippen molar-refractivity contribution in [2.45, 2.75) is 32.1 Å². The molecule has 0 saturated heterocycles. The molecule has 5 heterocycles. The van der Waals surface area contributed by atoms with Crippen molar-refractivity contribution in [3.05, 3.63) is 45.2 Å². The Hall–Kier alpha value is -3.59. The summed E-state index contributed by atoms with van der Waals surface area (Å²) in [4.78, 5) is 30.1. The number of rotatable bonds is 1. The number of pyridine rings is 2. The maximum Gasteiger partial charge on any atom is 0.343 e. The zero-order valence-corrected chi connectivity index (χ0v) is 15.9. The molecule has 0 unspecified atom stereocenters. The molecule has 9 nitrogen and oxygen atoms in total. The molecule has 0 amide bonds. The average molecular weight is 408 g/mol. The van der Waals surface area contributed by atoms with E-state index in [0.29, 0.717) is 28.0 Å². The second-order valence-corrected chi connectivity index (χ2v) is 7.63. The summed E-state index contributed by atoms with van der Waals surface area (Å²) in [6.45, 7) is 1.78. The zero-order valence-electron chi connectivity index (χ0n) is 15.9. The highest BCUT2D eigenvalue weighted by atomic mass is 16.7. The topological polar surface area (TPSA) is 120 Å². The molecule has 1 atom stereocenters. The molecule has 3 aliphatic heterocycles. The number of aromatic nitrogens is 2. The third-order valence-electron chi connectivity index (χ3n) is 6.11. The standard InChI is InChI=1S/C21H16N2O7/c1-2-21(27)12-4-14-16-9(6-23(14)19(25)11(12)7-28-20(21)26)3-10-13(22-16)5-15(24)18-17(10)29-8-30-18/h3-5,24,27H,2,6-8H2,1H3/t21-/m0/s1. The molecule has 0 bridgehead atoms. The lowest BCUT2D eigenvalue weighted by Gasteiger charge is -2.31. The van der Waals surface area contributed by atoms with Gasteiger partial charge in [-0.1, -0.05) is 6.92 Å². The first kappa shape index (κ1) is 17.3. The highest BCUT2D eigenvalue weighted by molar-refractivity contribution is 5.93. The first-order valence-electron chi connectivity index (χ1n) is 9.54. The first-order chi connectivity index (χ1) is 14.4. The predicted octanol–water partition coefficient (Wildman–Crippen LogP) is 1.51. The molecule has 1 aromatic carbocycles. The minimum atomic E-state index is -1.87. The van der Waals surface area contributed by atoms with Gasteiger partial charge in [-0.2, -0.15) is 0 Å². The van der Waals surface area contributed by atoms with E-state index in [-0.39, 0.29) is 54.6 Å². The number of cyclic esters (lactones) is 1. The number of nitrogens with zero attached hydrogens (tertiary/aromatic N) is 2. The Morgan fingerprint density at radius 1 is 1.17 bits per heavy atom. The largest absolute Gasteiger partial charge is 0.504 e. The number of carbonyl (C=O) groups is 1. The molecule has 3 aliphatic rings. The Labute approximate surface area is 169 Å². The van der Waals surface area contributed by atoms with E-state index in [2.05, 4.69) is 4.98 Å². The van der Waals surface area contributed by atoms with Gasteiger partial charge in [-0.15, -0.1) is 0 Å². The summed E-state index contributed by atoms with van der Waals surface area (Å²) < 4.78 is 17.5. The van der Waals surface area contributed by atoms with E-state index in [4.69, 9.17) is 14.2 Å². The molecule has 152 valence electrons. The fraction of sp³-hybridized carbons (Fsp3) is 0.286. The van der Waals surface area contributed by atoms with Crippen LogP contribution in [0.2, 0.25) is 0 Å².